The van der Waals surface area contributed by atoms with Gasteiger partial charge in [0.1, 0.15) is 0 Å². The Morgan fingerprint density at radius 2 is 2.00 bits per heavy atom. The van der Waals surface area contributed by atoms with Crippen molar-refractivity contribution in [1.29, 1.82) is 0 Å². The molecule has 0 aliphatic carbocycles. The highest BCUT2D eigenvalue weighted by atomic mass is 35.5. The molecule has 0 aromatic rings. The first-order valence-electron chi connectivity index (χ1n) is 0.628. The summed E-state index contributed by atoms with van der Waals surface area (Å²) >= 11 is 4.19. The van der Waals surface area contributed by atoms with Crippen LogP contribution in [-0.4, -0.2) is 0 Å². The Balaban J connectivity index is 2.80. The predicted octanol–water partition coefficient (Wildman–Crippen LogP) is 1.35. The van der Waals surface area contributed by atoms with Crippen molar-refractivity contribution in [1.82, 2.24) is 0 Å². The molecule has 0 nitrogen and oxygen atoms in total. The van der Waals surface area contributed by atoms with Crippen LogP contribution in [0.2, 0.25) is 0 Å². The summed E-state index contributed by atoms with van der Waals surface area (Å²) in [4.78, 5) is 0. The van der Waals surface area contributed by atoms with Gasteiger partial charge in [0.25, 0.3) is 0 Å². The third-order valence-electron chi connectivity index (χ3n) is 0. The molecule has 22 valence electrons. The van der Waals surface area contributed by atoms with Gasteiger partial charge in [0.05, 0.1) is 0 Å². The second-order valence-corrected chi connectivity index (χ2v) is 0.592. The van der Waals surface area contributed by atoms with E-state index in [-0.39, 0.29) is 0 Å². The molecule has 0 fully saturated rings. The van der Waals surface area contributed by atoms with Crippen molar-refractivity contribution in [3.8, 4) is 0 Å². The fourth-order valence-corrected chi connectivity index (χ4v) is 0. The molecule has 2 heteroatoms. The van der Waals surface area contributed by atoms with Gasteiger partial charge in [-0.1, -0.05) is 11.6 Å². The minimum absolute atomic E-state index is 1.36. The number of halogens is 2. The SMILES string of the molecule is [C]=C(F)Cl. The van der Waals surface area contributed by atoms with Crippen LogP contribution in [-0.2, 0) is 0 Å². The fourth-order valence-electron chi connectivity index (χ4n) is 0. The molecular formula is C2ClF. The smallest absolute Gasteiger partial charge is 0.193 e. The van der Waals surface area contributed by atoms with Gasteiger partial charge in [-0.2, -0.15) is 4.39 Å². The van der Waals surface area contributed by atoms with Gasteiger partial charge in [-0.15, -0.1) is 0 Å². The second kappa shape index (κ2) is 1.30. The Labute approximate surface area is 28.9 Å². The molecule has 0 saturated heterocycles. The number of hydrogen-bond donors (Lipinski definition) is 0. The van der Waals surface area contributed by atoms with Gasteiger partial charge in [-0.3, -0.25) is 0 Å². The Morgan fingerprint density at radius 3 is 2.00 bits per heavy atom. The third kappa shape index (κ3) is 1130. The lowest BCUT2D eigenvalue weighted by molar-refractivity contribution is 0.696. The van der Waals surface area contributed by atoms with Crippen LogP contribution in [0.5, 0.6) is 0 Å². The zero-order chi connectivity index (χ0) is 3.58. The lowest BCUT2D eigenvalue weighted by Gasteiger charge is -1.54. The molecule has 0 heterocycles. The van der Waals surface area contributed by atoms with E-state index in [0.29, 0.717) is 0 Å². The molecule has 0 saturated carbocycles. The van der Waals surface area contributed by atoms with Gasteiger partial charge in [0.2, 0.25) is 0 Å². The van der Waals surface area contributed by atoms with E-state index in [9.17, 15) is 4.39 Å². The van der Waals surface area contributed by atoms with Gasteiger partial charge < -0.3 is 0 Å². The molecule has 0 aliphatic heterocycles. The molecule has 0 N–H and O–H groups in total. The number of hydrogen-bond acceptors (Lipinski definition) is 0. The first-order valence-corrected chi connectivity index (χ1v) is 1.01. The molecule has 0 rings (SSSR count). The normalized spacial score (nSPS) is 6.50. The maximum atomic E-state index is 10.3. The molecule has 0 aromatic carbocycles. The van der Waals surface area contributed by atoms with Crippen molar-refractivity contribution in [2.24, 2.45) is 0 Å². The predicted molar refractivity (Wildman–Crippen MR) is 13.7 cm³/mol. The Morgan fingerprint density at radius 1 is 2.00 bits per heavy atom. The maximum absolute atomic E-state index is 10.3. The molecular weight excluding hydrogens is 78.5 g/mol. The zero-order valence-electron chi connectivity index (χ0n) is 1.76. The standard InChI is InChI=1S/C2ClF/c1-2(3)4. The van der Waals surface area contributed by atoms with Crippen LogP contribution < -0.4 is 0 Å². The van der Waals surface area contributed by atoms with Crippen LogP contribution in [0.15, 0.2) is 5.29 Å². The summed E-state index contributed by atoms with van der Waals surface area (Å²) in [6, 6.07) is 0. The van der Waals surface area contributed by atoms with Gasteiger partial charge in [-0.25, -0.2) is 0 Å². The molecule has 0 bridgehead atoms. The van der Waals surface area contributed by atoms with E-state index in [4.69, 9.17) is 6.58 Å². The molecule has 2 radical (unpaired) electrons. The summed E-state index contributed by atoms with van der Waals surface area (Å²) in [5.41, 5.74) is 0. The molecule has 0 aliphatic rings. The van der Waals surface area contributed by atoms with Crippen LogP contribution >= 0.6 is 11.6 Å². The largest absolute Gasteiger partial charge is 0.197 e. The quantitative estimate of drug-likeness (QED) is 0.410. The van der Waals surface area contributed by atoms with Crippen LogP contribution in [0, 0.1) is 6.58 Å². The Hall–Kier alpha value is -0.0400. The van der Waals surface area contributed by atoms with Crippen molar-refractivity contribution < 1.29 is 4.39 Å². The van der Waals surface area contributed by atoms with Crippen LogP contribution in [0.1, 0.15) is 0 Å². The van der Waals surface area contributed by atoms with E-state index in [0.717, 1.165) is 0 Å². The molecule has 0 spiro atoms. The highest BCUT2D eigenvalue weighted by Gasteiger charge is 1.65. The van der Waals surface area contributed by atoms with Gasteiger partial charge in [-0.05, 0) is 0 Å². The summed E-state index contributed by atoms with van der Waals surface area (Å²) in [6.45, 7) is 5.60. The maximum Gasteiger partial charge on any atom is 0.197 e. The van der Waals surface area contributed by atoms with Crippen LogP contribution in [0.25, 0.3) is 0 Å². The average Bonchev–Trinajstić information content (AvgIpc) is 0.811. The van der Waals surface area contributed by atoms with Gasteiger partial charge in [0.15, 0.2) is 5.29 Å². The van der Waals surface area contributed by atoms with Crippen LogP contribution in [0.3, 0.4) is 0 Å². The Kier molecular flexibility index (Phi) is 1.28. The highest BCUT2D eigenvalue weighted by Crippen LogP contribution is 1.91. The first-order chi connectivity index (χ1) is 1.73. The zero-order valence-corrected chi connectivity index (χ0v) is 2.51. The lowest BCUT2D eigenvalue weighted by atomic mass is 11.2. The third-order valence-corrected chi connectivity index (χ3v) is 0. The van der Waals surface area contributed by atoms with Gasteiger partial charge in [0, 0.05) is 6.58 Å². The summed E-state index contributed by atoms with van der Waals surface area (Å²) in [6.07, 6.45) is 0. The molecule has 0 aromatic heterocycles. The lowest BCUT2D eigenvalue weighted by Crippen LogP contribution is -1.29. The summed E-state index contributed by atoms with van der Waals surface area (Å²) in [5, 5.41) is -1.36. The van der Waals surface area contributed by atoms with E-state index in [1.165, 1.54) is 0 Å². The van der Waals surface area contributed by atoms with Crippen molar-refractivity contribution in [3.63, 3.8) is 0 Å². The summed E-state index contributed by atoms with van der Waals surface area (Å²) in [5.74, 6) is 0. The molecule has 0 amide bonds. The van der Waals surface area contributed by atoms with E-state index < -0.39 is 5.29 Å². The summed E-state index contributed by atoms with van der Waals surface area (Å²) < 4.78 is 10.3. The Bertz CT molecular complexity index is 29.0. The fraction of sp³-hybridized carbons (Fsp3) is 0. The van der Waals surface area contributed by atoms with E-state index in [1.54, 1.807) is 0 Å². The highest BCUT2D eigenvalue weighted by molar-refractivity contribution is 6.27. The number of rotatable bonds is 0. The first kappa shape index (κ1) is 3.96. The average molecular weight is 78.5 g/mol. The summed E-state index contributed by atoms with van der Waals surface area (Å²) in [7, 11) is 0. The van der Waals surface area contributed by atoms with Crippen molar-refractivity contribution in [2.75, 3.05) is 0 Å². The van der Waals surface area contributed by atoms with Crippen molar-refractivity contribution in [2.45, 2.75) is 0 Å². The van der Waals surface area contributed by atoms with Crippen molar-refractivity contribution in [3.05, 3.63) is 11.9 Å². The van der Waals surface area contributed by atoms with Crippen molar-refractivity contribution >= 4 is 11.6 Å². The minimum Gasteiger partial charge on any atom is -0.193 e. The van der Waals surface area contributed by atoms with E-state index >= 15 is 0 Å². The molecule has 0 atom stereocenters. The molecule has 4 heavy (non-hydrogen) atoms. The van der Waals surface area contributed by atoms with Crippen LogP contribution in [0.4, 0.5) is 4.39 Å². The minimum atomic E-state index is -1.36. The van der Waals surface area contributed by atoms with E-state index in [1.807, 2.05) is 0 Å². The van der Waals surface area contributed by atoms with Gasteiger partial charge >= 0.3 is 0 Å². The topological polar surface area (TPSA) is 0 Å². The monoisotopic (exact) mass is 78.0 g/mol. The second-order valence-electron chi connectivity index (χ2n) is 0.260. The van der Waals surface area contributed by atoms with E-state index in [2.05, 4.69) is 11.6 Å². The molecule has 0 unspecified atom stereocenters.